The molecule has 92 valence electrons. The number of hydrogen-bond acceptors (Lipinski definition) is 4. The number of aliphatic hydroxyl groups is 1. The van der Waals surface area contributed by atoms with Crippen LogP contribution < -0.4 is 5.73 Å². The van der Waals surface area contributed by atoms with Crippen molar-refractivity contribution in [1.29, 1.82) is 0 Å². The highest BCUT2D eigenvalue weighted by Gasteiger charge is 2.29. The summed E-state index contributed by atoms with van der Waals surface area (Å²) >= 11 is 0. The minimum atomic E-state index is -0.595. The Morgan fingerprint density at radius 1 is 1.50 bits per heavy atom. The van der Waals surface area contributed by atoms with Gasteiger partial charge in [-0.05, 0) is 39.5 Å². The van der Waals surface area contributed by atoms with E-state index in [9.17, 15) is 9.90 Å². The highest BCUT2D eigenvalue weighted by atomic mass is 16.6. The molecule has 1 aliphatic rings. The zero-order valence-corrected chi connectivity index (χ0v) is 10.0. The van der Waals surface area contributed by atoms with E-state index in [0.29, 0.717) is 12.8 Å². The van der Waals surface area contributed by atoms with Crippen LogP contribution in [-0.4, -0.2) is 35.2 Å². The molecule has 0 aromatic heterocycles. The van der Waals surface area contributed by atoms with E-state index in [2.05, 4.69) is 4.99 Å². The average Bonchev–Trinajstić information content (AvgIpc) is 2.40. The number of nitrogens with zero attached hydrogens (tertiary/aromatic N) is 1. The lowest BCUT2D eigenvalue weighted by Crippen LogP contribution is -2.28. The first-order chi connectivity index (χ1) is 7.28. The van der Waals surface area contributed by atoms with Crippen molar-refractivity contribution in [3.8, 4) is 0 Å². The van der Waals surface area contributed by atoms with Gasteiger partial charge in [0.25, 0.3) is 0 Å². The van der Waals surface area contributed by atoms with E-state index in [1.807, 2.05) is 0 Å². The highest BCUT2D eigenvalue weighted by molar-refractivity contribution is 5.80. The highest BCUT2D eigenvalue weighted by Crippen LogP contribution is 2.23. The molecule has 16 heavy (non-hydrogen) atoms. The Labute approximate surface area is 95.7 Å². The van der Waals surface area contributed by atoms with Gasteiger partial charge < -0.3 is 15.6 Å². The van der Waals surface area contributed by atoms with Crippen LogP contribution in [0.25, 0.3) is 0 Å². The maximum atomic E-state index is 11.3. The molecule has 0 bridgehead atoms. The maximum Gasteiger partial charge on any atom is 0.433 e. The van der Waals surface area contributed by atoms with Crippen molar-refractivity contribution in [1.82, 2.24) is 0 Å². The lowest BCUT2D eigenvalue weighted by Gasteiger charge is -2.17. The number of aliphatic imine (C=N–C) groups is 1. The number of aliphatic hydroxyl groups excluding tert-OH is 1. The molecule has 1 unspecified atom stereocenters. The summed E-state index contributed by atoms with van der Waals surface area (Å²) in [6, 6.07) is -0.213. The summed E-state index contributed by atoms with van der Waals surface area (Å²) < 4.78 is 5.02. The van der Waals surface area contributed by atoms with Crippen molar-refractivity contribution in [3.05, 3.63) is 0 Å². The Bertz CT molecular complexity index is 273. The van der Waals surface area contributed by atoms with Crippen molar-refractivity contribution < 1.29 is 14.6 Å². The van der Waals surface area contributed by atoms with E-state index in [4.69, 9.17) is 10.5 Å². The van der Waals surface area contributed by atoms with Gasteiger partial charge in [-0.25, -0.2) is 4.79 Å². The summed E-state index contributed by atoms with van der Waals surface area (Å²) in [6.45, 7) is 5.36. The van der Waals surface area contributed by atoms with Crippen LogP contribution in [0.15, 0.2) is 4.99 Å². The number of ether oxygens (including phenoxy) is 1. The van der Waals surface area contributed by atoms with Gasteiger partial charge >= 0.3 is 6.09 Å². The van der Waals surface area contributed by atoms with Gasteiger partial charge in [-0.15, -0.1) is 0 Å². The van der Waals surface area contributed by atoms with Crippen molar-refractivity contribution in [2.75, 3.05) is 0 Å². The fourth-order valence-corrected chi connectivity index (χ4v) is 1.66. The number of hydrogen-bond donors (Lipinski definition) is 2. The second-order valence-electron chi connectivity index (χ2n) is 5.22. The molecule has 1 aliphatic carbocycles. The van der Waals surface area contributed by atoms with Gasteiger partial charge in [-0.1, -0.05) is 0 Å². The molecule has 1 saturated carbocycles. The quantitative estimate of drug-likeness (QED) is 0.658. The van der Waals surface area contributed by atoms with Crippen molar-refractivity contribution in [2.24, 2.45) is 16.6 Å². The van der Waals surface area contributed by atoms with Crippen LogP contribution in [-0.2, 0) is 4.74 Å². The fraction of sp³-hybridized carbons (Fsp3) is 0.818. The predicted molar refractivity (Wildman–Crippen MR) is 61.4 cm³/mol. The van der Waals surface area contributed by atoms with Gasteiger partial charge in [0.2, 0.25) is 0 Å². The lowest BCUT2D eigenvalue weighted by molar-refractivity contribution is 0.0604. The van der Waals surface area contributed by atoms with E-state index in [1.165, 1.54) is 6.21 Å². The third kappa shape index (κ3) is 4.28. The molecule has 1 amide bonds. The molecule has 0 aliphatic heterocycles. The van der Waals surface area contributed by atoms with E-state index in [1.54, 1.807) is 20.8 Å². The van der Waals surface area contributed by atoms with Crippen molar-refractivity contribution in [3.63, 3.8) is 0 Å². The Morgan fingerprint density at radius 2 is 2.12 bits per heavy atom. The van der Waals surface area contributed by atoms with Crippen LogP contribution in [0.5, 0.6) is 0 Å². The van der Waals surface area contributed by atoms with Crippen LogP contribution in [0.1, 0.15) is 33.6 Å². The van der Waals surface area contributed by atoms with Crippen LogP contribution in [0.4, 0.5) is 4.79 Å². The number of rotatable bonds is 1. The molecule has 5 nitrogen and oxygen atoms in total. The average molecular weight is 228 g/mol. The van der Waals surface area contributed by atoms with E-state index in [0.717, 1.165) is 0 Å². The second kappa shape index (κ2) is 4.93. The SMILES string of the molecule is CC(C)(C)OC(=O)N=CC1C[C@@H](N)[C@H](O)C1. The molecule has 0 heterocycles. The molecule has 3 atom stereocenters. The monoisotopic (exact) mass is 228 g/mol. The molecule has 0 spiro atoms. The van der Waals surface area contributed by atoms with Crippen LogP contribution in [0.2, 0.25) is 0 Å². The minimum absolute atomic E-state index is 0.0671. The fourth-order valence-electron chi connectivity index (χ4n) is 1.66. The first-order valence-electron chi connectivity index (χ1n) is 5.49. The van der Waals surface area contributed by atoms with Gasteiger partial charge in [0.05, 0.1) is 6.10 Å². The van der Waals surface area contributed by atoms with Gasteiger partial charge in [0, 0.05) is 12.3 Å². The summed E-state index contributed by atoms with van der Waals surface area (Å²) in [5, 5.41) is 9.42. The van der Waals surface area contributed by atoms with E-state index >= 15 is 0 Å². The molecular formula is C11H20N2O3. The van der Waals surface area contributed by atoms with Gasteiger partial charge in [-0.3, -0.25) is 0 Å². The van der Waals surface area contributed by atoms with Gasteiger partial charge in [0.1, 0.15) is 5.60 Å². The summed E-state index contributed by atoms with van der Waals surface area (Å²) in [5.41, 5.74) is 5.12. The zero-order valence-electron chi connectivity index (χ0n) is 10.0. The largest absolute Gasteiger partial charge is 0.442 e. The smallest absolute Gasteiger partial charge is 0.433 e. The second-order valence-corrected chi connectivity index (χ2v) is 5.22. The zero-order chi connectivity index (χ0) is 12.3. The molecule has 0 aromatic rings. The van der Waals surface area contributed by atoms with Crippen LogP contribution in [0, 0.1) is 5.92 Å². The number of amides is 1. The topological polar surface area (TPSA) is 84.9 Å². The first-order valence-corrected chi connectivity index (χ1v) is 5.49. The van der Waals surface area contributed by atoms with Crippen LogP contribution in [0.3, 0.4) is 0 Å². The van der Waals surface area contributed by atoms with Crippen molar-refractivity contribution in [2.45, 2.75) is 51.4 Å². The molecular weight excluding hydrogens is 208 g/mol. The normalized spacial score (nSPS) is 30.9. The molecule has 1 fully saturated rings. The minimum Gasteiger partial charge on any atom is -0.442 e. The molecule has 0 aromatic carbocycles. The summed E-state index contributed by atoms with van der Waals surface area (Å²) in [7, 11) is 0. The van der Waals surface area contributed by atoms with Gasteiger partial charge in [0.15, 0.2) is 0 Å². The summed E-state index contributed by atoms with van der Waals surface area (Å²) in [4.78, 5) is 15.0. The Kier molecular flexibility index (Phi) is 4.04. The van der Waals surface area contributed by atoms with Crippen molar-refractivity contribution >= 4 is 12.3 Å². The Balaban J connectivity index is 2.40. The Hall–Kier alpha value is -0.940. The summed E-state index contributed by atoms with van der Waals surface area (Å²) in [6.07, 6.45) is 1.67. The standard InChI is InChI=1S/C11H20N2O3/c1-11(2,3)16-10(15)13-6-7-4-8(12)9(14)5-7/h6-9,14H,4-5,12H2,1-3H3/t7?,8-,9-/m1/s1. The molecule has 5 heteroatoms. The Morgan fingerprint density at radius 3 is 2.56 bits per heavy atom. The molecule has 3 N–H and O–H groups in total. The number of nitrogens with two attached hydrogens (primary N) is 1. The van der Waals surface area contributed by atoms with E-state index in [-0.39, 0.29) is 12.0 Å². The molecule has 1 rings (SSSR count). The van der Waals surface area contributed by atoms with Crippen LogP contribution >= 0.6 is 0 Å². The third-order valence-corrected chi connectivity index (χ3v) is 2.40. The number of carbonyl (C=O) groups excluding carboxylic acids is 1. The molecule has 0 saturated heterocycles. The molecule has 0 radical (unpaired) electrons. The van der Waals surface area contributed by atoms with E-state index < -0.39 is 17.8 Å². The maximum absolute atomic E-state index is 11.3. The predicted octanol–water partition coefficient (Wildman–Crippen LogP) is 1.09. The summed E-state index contributed by atoms with van der Waals surface area (Å²) in [5.74, 6) is 0.0671. The third-order valence-electron chi connectivity index (χ3n) is 2.40. The lowest BCUT2D eigenvalue weighted by atomic mass is 10.1. The van der Waals surface area contributed by atoms with Gasteiger partial charge in [-0.2, -0.15) is 4.99 Å². The first kappa shape index (κ1) is 13.1. The number of carbonyl (C=O) groups is 1.